The molecule has 0 aliphatic carbocycles. The molecule has 3 aromatic heterocycles. The molecular formula is C12H14N6. The lowest BCUT2D eigenvalue weighted by molar-refractivity contribution is 0.900. The summed E-state index contributed by atoms with van der Waals surface area (Å²) in [6.07, 6.45) is 6.35. The zero-order chi connectivity index (χ0) is 12.4. The van der Waals surface area contributed by atoms with Gasteiger partial charge in [-0.15, -0.1) is 5.10 Å². The number of pyridine rings is 1. The Morgan fingerprint density at radius 2 is 2.33 bits per heavy atom. The molecule has 0 unspecified atom stereocenters. The first-order chi connectivity index (χ1) is 8.81. The molecule has 0 amide bonds. The third-order valence-electron chi connectivity index (χ3n) is 2.68. The van der Waals surface area contributed by atoms with Crippen LogP contribution in [0, 0.1) is 6.92 Å². The van der Waals surface area contributed by atoms with Gasteiger partial charge in [0.05, 0.1) is 0 Å². The average Bonchev–Trinajstić information content (AvgIpc) is 2.97. The number of aryl methyl sites for hydroxylation is 1. The summed E-state index contributed by atoms with van der Waals surface area (Å²) in [6, 6.07) is 3.98. The summed E-state index contributed by atoms with van der Waals surface area (Å²) in [6.45, 7) is 2.79. The van der Waals surface area contributed by atoms with E-state index in [4.69, 9.17) is 0 Å². The fourth-order valence-corrected chi connectivity index (χ4v) is 1.79. The van der Waals surface area contributed by atoms with Crippen LogP contribution in [0.3, 0.4) is 0 Å². The zero-order valence-corrected chi connectivity index (χ0v) is 10.1. The monoisotopic (exact) mass is 242 g/mol. The molecule has 6 heteroatoms. The molecule has 0 aliphatic heterocycles. The number of fused-ring (bicyclic) bond motifs is 1. The number of rotatable bonds is 4. The van der Waals surface area contributed by atoms with Crippen LogP contribution < -0.4 is 5.32 Å². The van der Waals surface area contributed by atoms with Crippen LogP contribution >= 0.6 is 0 Å². The summed E-state index contributed by atoms with van der Waals surface area (Å²) >= 11 is 0. The van der Waals surface area contributed by atoms with Crippen LogP contribution in [-0.2, 0) is 6.42 Å². The van der Waals surface area contributed by atoms with E-state index in [1.54, 1.807) is 10.7 Å². The van der Waals surface area contributed by atoms with Crippen molar-refractivity contribution >= 4 is 11.6 Å². The highest BCUT2D eigenvalue weighted by Gasteiger charge is 2.03. The summed E-state index contributed by atoms with van der Waals surface area (Å²) < 4.78 is 1.78. The van der Waals surface area contributed by atoms with E-state index in [-0.39, 0.29) is 0 Å². The van der Waals surface area contributed by atoms with Gasteiger partial charge in [-0.1, -0.05) is 6.07 Å². The van der Waals surface area contributed by atoms with Crippen LogP contribution in [0.25, 0.3) is 5.65 Å². The summed E-state index contributed by atoms with van der Waals surface area (Å²) in [7, 11) is 0. The Morgan fingerprint density at radius 3 is 3.17 bits per heavy atom. The maximum absolute atomic E-state index is 4.38. The third kappa shape index (κ3) is 2.17. The van der Waals surface area contributed by atoms with Crippen molar-refractivity contribution in [1.29, 1.82) is 0 Å². The second kappa shape index (κ2) is 4.48. The molecule has 0 spiro atoms. The van der Waals surface area contributed by atoms with Crippen molar-refractivity contribution in [3.8, 4) is 0 Å². The number of anilines is 1. The van der Waals surface area contributed by atoms with Crippen LogP contribution in [0.4, 0.5) is 5.95 Å². The molecule has 3 heterocycles. The van der Waals surface area contributed by atoms with Crippen molar-refractivity contribution in [2.45, 2.75) is 13.3 Å². The Morgan fingerprint density at radius 1 is 1.39 bits per heavy atom. The number of H-pyrrole nitrogens is 1. The minimum Gasteiger partial charge on any atom is -0.352 e. The van der Waals surface area contributed by atoms with E-state index in [0.29, 0.717) is 5.95 Å². The second-order valence-corrected chi connectivity index (χ2v) is 4.16. The van der Waals surface area contributed by atoms with Crippen molar-refractivity contribution < 1.29 is 0 Å². The van der Waals surface area contributed by atoms with Gasteiger partial charge in [-0.2, -0.15) is 4.98 Å². The van der Waals surface area contributed by atoms with Crippen LogP contribution in [0.2, 0.25) is 0 Å². The summed E-state index contributed by atoms with van der Waals surface area (Å²) in [4.78, 5) is 11.6. The minimum absolute atomic E-state index is 0.646. The number of imidazole rings is 1. The standard InChI is InChI=1S/C12H14N6/c1-9-2-3-11-16-12(17-18(11)8-9)15-5-4-10-13-6-7-14-10/h2-3,6-8H,4-5H2,1H3,(H,13,14)(H,15,17). The molecule has 2 N–H and O–H groups in total. The Hall–Kier alpha value is -2.37. The number of nitrogens with zero attached hydrogens (tertiary/aromatic N) is 4. The van der Waals surface area contributed by atoms with Gasteiger partial charge in [0, 0.05) is 31.6 Å². The predicted octanol–water partition coefficient (Wildman–Crippen LogP) is 1.42. The Labute approximate surface area is 104 Å². The highest BCUT2D eigenvalue weighted by atomic mass is 15.3. The molecule has 0 atom stereocenters. The van der Waals surface area contributed by atoms with Crippen LogP contribution in [-0.4, -0.2) is 31.1 Å². The van der Waals surface area contributed by atoms with Gasteiger partial charge < -0.3 is 10.3 Å². The quantitative estimate of drug-likeness (QED) is 0.725. The van der Waals surface area contributed by atoms with Crippen molar-refractivity contribution in [2.75, 3.05) is 11.9 Å². The molecule has 3 aromatic rings. The molecule has 92 valence electrons. The average molecular weight is 242 g/mol. The number of hydrogen-bond acceptors (Lipinski definition) is 4. The van der Waals surface area contributed by atoms with Gasteiger partial charge in [0.25, 0.3) is 0 Å². The highest BCUT2D eigenvalue weighted by Crippen LogP contribution is 2.06. The number of nitrogens with one attached hydrogen (secondary N) is 2. The fraction of sp³-hybridized carbons (Fsp3) is 0.250. The maximum Gasteiger partial charge on any atom is 0.243 e. The maximum atomic E-state index is 4.38. The predicted molar refractivity (Wildman–Crippen MR) is 68.5 cm³/mol. The van der Waals surface area contributed by atoms with E-state index in [2.05, 4.69) is 25.4 Å². The number of aromatic nitrogens is 5. The molecule has 6 nitrogen and oxygen atoms in total. The van der Waals surface area contributed by atoms with Gasteiger partial charge in [-0.25, -0.2) is 9.50 Å². The largest absolute Gasteiger partial charge is 0.352 e. The van der Waals surface area contributed by atoms with Crippen molar-refractivity contribution in [2.24, 2.45) is 0 Å². The molecule has 3 rings (SSSR count). The molecule has 0 aliphatic rings. The summed E-state index contributed by atoms with van der Waals surface area (Å²) in [5.41, 5.74) is 2.01. The van der Waals surface area contributed by atoms with Crippen LogP contribution in [0.15, 0.2) is 30.7 Å². The normalized spacial score (nSPS) is 10.9. The number of aromatic amines is 1. The lowest BCUT2D eigenvalue weighted by atomic mass is 10.3. The first-order valence-electron chi connectivity index (χ1n) is 5.86. The van der Waals surface area contributed by atoms with Crippen molar-refractivity contribution in [1.82, 2.24) is 24.6 Å². The molecule has 0 fully saturated rings. The van der Waals surface area contributed by atoms with E-state index in [1.165, 1.54) is 0 Å². The van der Waals surface area contributed by atoms with Crippen LogP contribution in [0.1, 0.15) is 11.4 Å². The second-order valence-electron chi connectivity index (χ2n) is 4.16. The van der Waals surface area contributed by atoms with Gasteiger partial charge in [0.15, 0.2) is 5.65 Å². The molecule has 18 heavy (non-hydrogen) atoms. The Kier molecular flexibility index (Phi) is 2.68. The van der Waals surface area contributed by atoms with Crippen molar-refractivity contribution in [3.63, 3.8) is 0 Å². The van der Waals surface area contributed by atoms with E-state index < -0.39 is 0 Å². The summed E-state index contributed by atoms with van der Waals surface area (Å²) in [5, 5.41) is 7.54. The first kappa shape index (κ1) is 10.8. The van der Waals surface area contributed by atoms with Crippen molar-refractivity contribution in [3.05, 3.63) is 42.1 Å². The van der Waals surface area contributed by atoms with E-state index in [9.17, 15) is 0 Å². The van der Waals surface area contributed by atoms with E-state index in [0.717, 1.165) is 30.0 Å². The molecule has 0 saturated carbocycles. The van der Waals surface area contributed by atoms with Gasteiger partial charge in [-0.05, 0) is 18.6 Å². The number of hydrogen-bond donors (Lipinski definition) is 2. The zero-order valence-electron chi connectivity index (χ0n) is 10.1. The Bertz CT molecular complexity index is 640. The smallest absolute Gasteiger partial charge is 0.243 e. The first-order valence-corrected chi connectivity index (χ1v) is 5.86. The van der Waals surface area contributed by atoms with Gasteiger partial charge in [0.2, 0.25) is 5.95 Å². The molecule has 0 bridgehead atoms. The Balaban J connectivity index is 1.67. The van der Waals surface area contributed by atoms with Gasteiger partial charge in [-0.3, -0.25) is 0 Å². The van der Waals surface area contributed by atoms with Gasteiger partial charge >= 0.3 is 0 Å². The molecule has 0 saturated heterocycles. The summed E-state index contributed by atoms with van der Waals surface area (Å²) in [5.74, 6) is 1.61. The fourth-order valence-electron chi connectivity index (χ4n) is 1.79. The minimum atomic E-state index is 0.646. The van der Waals surface area contributed by atoms with Crippen LogP contribution in [0.5, 0.6) is 0 Å². The topological polar surface area (TPSA) is 70.9 Å². The van der Waals surface area contributed by atoms with E-state index in [1.807, 2.05) is 31.5 Å². The third-order valence-corrected chi connectivity index (χ3v) is 2.68. The molecule has 0 aromatic carbocycles. The molecular weight excluding hydrogens is 228 g/mol. The van der Waals surface area contributed by atoms with E-state index >= 15 is 0 Å². The van der Waals surface area contributed by atoms with Gasteiger partial charge in [0.1, 0.15) is 5.82 Å². The highest BCUT2D eigenvalue weighted by molar-refractivity contribution is 5.44. The lowest BCUT2D eigenvalue weighted by Crippen LogP contribution is -2.07. The molecule has 0 radical (unpaired) electrons. The lowest BCUT2D eigenvalue weighted by Gasteiger charge is -1.98. The SMILES string of the molecule is Cc1ccc2nc(NCCc3ncc[nH]3)nn2c1.